The molecule has 2 aliphatic rings. The lowest BCUT2D eigenvalue weighted by atomic mass is 10.0. The topological polar surface area (TPSA) is 273 Å². The van der Waals surface area contributed by atoms with Crippen LogP contribution in [0.3, 0.4) is 0 Å². The fourth-order valence-corrected chi connectivity index (χ4v) is 9.38. The summed E-state index contributed by atoms with van der Waals surface area (Å²) in [4.78, 5) is 102. The summed E-state index contributed by atoms with van der Waals surface area (Å²) in [6.07, 6.45) is -0.0538. The first-order chi connectivity index (χ1) is 27.4. The Bertz CT molecular complexity index is 1700. The van der Waals surface area contributed by atoms with Crippen molar-refractivity contribution in [2.45, 2.75) is 84.9 Å². The third-order valence-electron chi connectivity index (χ3n) is 9.21. The standard InChI is InChI=1S/C38H50N8O10S2/c1-37(2)29(45-35(57-37)27(31(53)41-19-25(49)50)43-23(47)17-21-11-7-5-8-12-21)33(55)39-15-16-40-34(56)30-38(3,4)58-36(46-30)28(32(54)42-20-26(51)52)44-24(48)18-22-13-9-6-10-14-22/h5-14,27-30,35-36,45-46H,15-20H2,1-4H3,(H,39,55)(H,40,56)(H,41,53)(H,42,54)(H,43,47)(H,44,48)(H,49,50)(H,51,52)/t27-,28-,29+,30+,35-,36-/m1/s1. The van der Waals surface area contributed by atoms with Crippen LogP contribution in [0.2, 0.25) is 0 Å². The number of hydrogen-bond donors (Lipinski definition) is 10. The largest absolute Gasteiger partial charge is 0.480 e. The van der Waals surface area contributed by atoms with E-state index in [9.17, 15) is 38.4 Å². The van der Waals surface area contributed by atoms with Gasteiger partial charge in [-0.25, -0.2) is 0 Å². The molecule has 0 spiro atoms. The summed E-state index contributed by atoms with van der Waals surface area (Å²) in [5.41, 5.74) is 1.42. The first kappa shape index (κ1) is 45.5. The molecule has 2 aromatic carbocycles. The van der Waals surface area contributed by atoms with Crippen molar-refractivity contribution in [2.24, 2.45) is 0 Å². The van der Waals surface area contributed by atoms with Gasteiger partial charge < -0.3 is 42.1 Å². The molecule has 2 saturated heterocycles. The second kappa shape index (κ2) is 20.5. The fraction of sp³-hybridized carbons (Fsp3) is 0.474. The van der Waals surface area contributed by atoms with E-state index in [-0.39, 0.29) is 25.9 Å². The zero-order valence-electron chi connectivity index (χ0n) is 32.5. The number of nitrogens with one attached hydrogen (secondary N) is 8. The molecule has 10 N–H and O–H groups in total. The smallest absolute Gasteiger partial charge is 0.322 e. The molecule has 0 bridgehead atoms. The number of carbonyl (C=O) groups is 8. The highest BCUT2D eigenvalue weighted by Gasteiger charge is 2.50. The van der Waals surface area contributed by atoms with E-state index in [1.165, 1.54) is 23.5 Å². The maximum absolute atomic E-state index is 13.5. The molecule has 58 heavy (non-hydrogen) atoms. The Morgan fingerprint density at radius 2 is 0.931 bits per heavy atom. The number of carboxylic acid groups (broad SMARTS) is 2. The normalized spacial score (nSPS) is 21.4. The minimum atomic E-state index is -1.27. The molecule has 4 rings (SSSR count). The Morgan fingerprint density at radius 3 is 1.26 bits per heavy atom. The van der Waals surface area contributed by atoms with Gasteiger partial charge >= 0.3 is 11.9 Å². The molecule has 0 saturated carbocycles. The molecule has 6 amide bonds. The summed E-state index contributed by atoms with van der Waals surface area (Å²) in [7, 11) is 0. The van der Waals surface area contributed by atoms with Gasteiger partial charge in [0.05, 0.1) is 23.6 Å². The highest BCUT2D eigenvalue weighted by atomic mass is 32.2. The van der Waals surface area contributed by atoms with Gasteiger partial charge in [-0.1, -0.05) is 60.7 Å². The van der Waals surface area contributed by atoms with Crippen molar-refractivity contribution < 1.29 is 48.6 Å². The van der Waals surface area contributed by atoms with Gasteiger partial charge in [-0.15, -0.1) is 23.5 Å². The average molecular weight is 843 g/mol. The van der Waals surface area contributed by atoms with Gasteiger partial charge in [0.2, 0.25) is 35.4 Å². The minimum absolute atomic E-state index is 0.0178. The van der Waals surface area contributed by atoms with Crippen molar-refractivity contribution in [3.05, 3.63) is 71.8 Å². The van der Waals surface area contributed by atoms with Crippen LogP contribution >= 0.6 is 23.5 Å². The highest BCUT2D eigenvalue weighted by molar-refractivity contribution is 8.01. The maximum atomic E-state index is 13.5. The Kier molecular flexibility index (Phi) is 16.1. The summed E-state index contributed by atoms with van der Waals surface area (Å²) in [5, 5.41) is 38.4. The first-order valence-corrected chi connectivity index (χ1v) is 20.2. The zero-order valence-corrected chi connectivity index (χ0v) is 34.1. The van der Waals surface area contributed by atoms with E-state index in [0.717, 1.165) is 0 Å². The first-order valence-electron chi connectivity index (χ1n) is 18.4. The monoisotopic (exact) mass is 842 g/mol. The number of amides is 6. The van der Waals surface area contributed by atoms with Crippen LogP contribution in [0.5, 0.6) is 0 Å². The lowest BCUT2D eigenvalue weighted by Gasteiger charge is -2.25. The van der Waals surface area contributed by atoms with Gasteiger partial charge in [0.25, 0.3) is 0 Å². The molecule has 6 atom stereocenters. The molecular weight excluding hydrogens is 793 g/mol. The Labute approximate surface area is 343 Å². The molecule has 2 aliphatic heterocycles. The van der Waals surface area contributed by atoms with Crippen molar-refractivity contribution in [2.75, 3.05) is 26.2 Å². The summed E-state index contributed by atoms with van der Waals surface area (Å²) >= 11 is 2.47. The van der Waals surface area contributed by atoms with Gasteiger partial charge in [-0.05, 0) is 38.8 Å². The molecule has 0 radical (unpaired) electrons. The maximum Gasteiger partial charge on any atom is 0.322 e. The number of rotatable bonds is 19. The third-order valence-corrected chi connectivity index (χ3v) is 12.2. The minimum Gasteiger partial charge on any atom is -0.480 e. The summed E-state index contributed by atoms with van der Waals surface area (Å²) in [6.45, 7) is 5.86. The van der Waals surface area contributed by atoms with E-state index < -0.39 is 105 Å². The van der Waals surface area contributed by atoms with E-state index in [2.05, 4.69) is 42.5 Å². The van der Waals surface area contributed by atoms with Crippen LogP contribution in [0.4, 0.5) is 0 Å². The van der Waals surface area contributed by atoms with Crippen LogP contribution in [0.15, 0.2) is 60.7 Å². The predicted molar refractivity (Wildman–Crippen MR) is 216 cm³/mol. The van der Waals surface area contributed by atoms with Crippen LogP contribution in [-0.4, -0.2) is 128 Å². The van der Waals surface area contributed by atoms with E-state index in [0.29, 0.717) is 11.1 Å². The average Bonchev–Trinajstić information content (AvgIpc) is 3.66. The molecule has 314 valence electrons. The van der Waals surface area contributed by atoms with Gasteiger partial charge in [-0.3, -0.25) is 49.0 Å². The number of benzene rings is 2. The SMILES string of the molecule is CC1(C)S[C@H]([C@H](NC(=O)Cc2ccccc2)C(=O)NCC(=O)O)N[C@H]1C(=O)NCCNC(=O)[C@@H]1N[C@@H]([C@H](NC(=O)Cc2ccccc2)C(=O)NCC(=O)O)SC1(C)C. The van der Waals surface area contributed by atoms with Crippen molar-refractivity contribution >= 4 is 70.9 Å². The predicted octanol–water partition coefficient (Wildman–Crippen LogP) is -1.31. The Morgan fingerprint density at radius 1 is 0.586 bits per heavy atom. The number of hydrogen-bond acceptors (Lipinski definition) is 12. The van der Waals surface area contributed by atoms with E-state index >= 15 is 0 Å². The van der Waals surface area contributed by atoms with Gasteiger partial charge in [0, 0.05) is 22.6 Å². The lowest BCUT2D eigenvalue weighted by Crippen LogP contribution is -2.59. The number of carboxylic acids is 2. The molecule has 2 aromatic rings. The van der Waals surface area contributed by atoms with E-state index in [4.69, 9.17) is 10.2 Å². The Balaban J connectivity index is 1.34. The molecule has 20 heteroatoms. The summed E-state index contributed by atoms with van der Waals surface area (Å²) in [6, 6.07) is 13.6. The quantitative estimate of drug-likeness (QED) is 0.0737. The van der Waals surface area contributed by atoms with Crippen molar-refractivity contribution in [1.82, 2.24) is 42.5 Å². The van der Waals surface area contributed by atoms with Crippen LogP contribution < -0.4 is 42.5 Å². The number of aliphatic carboxylic acids is 2. The van der Waals surface area contributed by atoms with E-state index in [1.807, 2.05) is 0 Å². The van der Waals surface area contributed by atoms with Crippen LogP contribution in [0.25, 0.3) is 0 Å². The highest BCUT2D eigenvalue weighted by Crippen LogP contribution is 2.40. The van der Waals surface area contributed by atoms with Crippen LogP contribution in [0, 0.1) is 0 Å². The molecule has 18 nitrogen and oxygen atoms in total. The second-order valence-electron chi connectivity index (χ2n) is 14.7. The number of carbonyl (C=O) groups excluding carboxylic acids is 6. The molecule has 2 heterocycles. The van der Waals surface area contributed by atoms with Crippen molar-refractivity contribution in [3.63, 3.8) is 0 Å². The summed E-state index contributed by atoms with van der Waals surface area (Å²) in [5.74, 6) is -5.83. The van der Waals surface area contributed by atoms with E-state index in [1.54, 1.807) is 88.4 Å². The van der Waals surface area contributed by atoms with Gasteiger partial charge in [0.1, 0.15) is 37.3 Å². The van der Waals surface area contributed by atoms with Crippen LogP contribution in [0.1, 0.15) is 38.8 Å². The molecule has 0 aliphatic carbocycles. The van der Waals surface area contributed by atoms with Crippen molar-refractivity contribution in [1.29, 1.82) is 0 Å². The Hall–Kier alpha value is -5.18. The second-order valence-corrected chi connectivity index (χ2v) is 18.3. The molecule has 0 aromatic heterocycles. The molecule has 0 unspecified atom stereocenters. The van der Waals surface area contributed by atoms with Gasteiger partial charge in [0.15, 0.2) is 0 Å². The number of thioether (sulfide) groups is 2. The lowest BCUT2D eigenvalue weighted by molar-refractivity contribution is -0.138. The summed E-state index contributed by atoms with van der Waals surface area (Å²) < 4.78 is -1.58. The van der Waals surface area contributed by atoms with Gasteiger partial charge in [-0.2, -0.15) is 0 Å². The van der Waals surface area contributed by atoms with Crippen molar-refractivity contribution in [3.8, 4) is 0 Å². The van der Waals surface area contributed by atoms with Crippen LogP contribution in [-0.2, 0) is 51.2 Å². The zero-order chi connectivity index (χ0) is 42.6. The third kappa shape index (κ3) is 13.2. The molecule has 2 fully saturated rings. The fourth-order valence-electron chi connectivity index (χ4n) is 6.39. The molecular formula is C38H50N8O10S2.